The molecule has 0 bridgehead atoms. The van der Waals surface area contributed by atoms with E-state index in [1.165, 1.54) is 0 Å². The van der Waals surface area contributed by atoms with Crippen molar-refractivity contribution in [3.63, 3.8) is 0 Å². The predicted octanol–water partition coefficient (Wildman–Crippen LogP) is 1.31. The number of aryl methyl sites for hydroxylation is 2. The molecule has 1 fully saturated rings. The van der Waals surface area contributed by atoms with Crippen molar-refractivity contribution in [2.45, 2.75) is 31.6 Å². The maximum atomic E-state index is 12.0. The van der Waals surface area contributed by atoms with Crippen molar-refractivity contribution < 1.29 is 4.79 Å². The summed E-state index contributed by atoms with van der Waals surface area (Å²) in [6, 6.07) is 0. The van der Waals surface area contributed by atoms with Crippen molar-refractivity contribution in [3.8, 4) is 0 Å². The van der Waals surface area contributed by atoms with Gasteiger partial charge in [0.2, 0.25) is 11.9 Å². The van der Waals surface area contributed by atoms with Crippen LogP contribution < -0.4 is 10.6 Å². The largest absolute Gasteiger partial charge is 0.317 e. The van der Waals surface area contributed by atoms with Crippen molar-refractivity contribution in [2.24, 2.45) is 7.05 Å². The van der Waals surface area contributed by atoms with Gasteiger partial charge in [0.1, 0.15) is 0 Å². The van der Waals surface area contributed by atoms with Gasteiger partial charge in [-0.1, -0.05) is 0 Å². The molecule has 1 aliphatic rings. The first-order chi connectivity index (χ1) is 10.7. The van der Waals surface area contributed by atoms with Crippen LogP contribution in [0.15, 0.2) is 10.9 Å². The van der Waals surface area contributed by atoms with Gasteiger partial charge in [0, 0.05) is 24.8 Å². The van der Waals surface area contributed by atoms with Crippen molar-refractivity contribution in [2.75, 3.05) is 18.4 Å². The van der Waals surface area contributed by atoms with Gasteiger partial charge in [-0.15, -0.1) is 11.3 Å². The van der Waals surface area contributed by atoms with E-state index in [2.05, 4.69) is 25.7 Å². The Morgan fingerprint density at radius 1 is 1.50 bits per heavy atom. The second kappa shape index (κ2) is 6.97. The van der Waals surface area contributed by atoms with E-state index < -0.39 is 0 Å². The average molecular weight is 320 g/mol. The lowest BCUT2D eigenvalue weighted by molar-refractivity contribution is -0.116. The monoisotopic (exact) mass is 320 g/mol. The molecule has 2 N–H and O–H groups in total. The quantitative estimate of drug-likeness (QED) is 0.868. The molecule has 0 atom stereocenters. The maximum absolute atomic E-state index is 12.0. The van der Waals surface area contributed by atoms with E-state index in [-0.39, 0.29) is 5.91 Å². The molecule has 0 saturated carbocycles. The Kier molecular flexibility index (Phi) is 4.79. The van der Waals surface area contributed by atoms with E-state index >= 15 is 0 Å². The van der Waals surface area contributed by atoms with Crippen molar-refractivity contribution in [3.05, 3.63) is 22.4 Å². The summed E-state index contributed by atoms with van der Waals surface area (Å²) in [5, 5.41) is 12.6. The summed E-state index contributed by atoms with van der Waals surface area (Å²) >= 11 is 1.54. The van der Waals surface area contributed by atoms with E-state index in [4.69, 9.17) is 0 Å². The zero-order valence-electron chi connectivity index (χ0n) is 12.6. The molecule has 7 nitrogen and oxygen atoms in total. The Morgan fingerprint density at radius 3 is 3.05 bits per heavy atom. The highest BCUT2D eigenvalue weighted by atomic mass is 32.1. The van der Waals surface area contributed by atoms with Gasteiger partial charge in [0.15, 0.2) is 5.82 Å². The molecule has 0 unspecified atom stereocenters. The molecule has 1 saturated heterocycles. The van der Waals surface area contributed by atoms with Crippen LogP contribution >= 0.6 is 11.3 Å². The third-order valence-electron chi connectivity index (χ3n) is 3.83. The average Bonchev–Trinajstić information content (AvgIpc) is 3.17. The lowest BCUT2D eigenvalue weighted by Crippen LogP contribution is -2.27. The summed E-state index contributed by atoms with van der Waals surface area (Å²) in [7, 11) is 1.81. The number of thiazole rings is 1. The van der Waals surface area contributed by atoms with Gasteiger partial charge in [-0.25, -0.2) is 9.67 Å². The fourth-order valence-corrected chi connectivity index (χ4v) is 3.15. The molecule has 0 radical (unpaired) electrons. The first kappa shape index (κ1) is 15.1. The Hall–Kier alpha value is -1.80. The number of hydrogen-bond donors (Lipinski definition) is 2. The van der Waals surface area contributed by atoms with Gasteiger partial charge in [0.05, 0.1) is 11.2 Å². The molecule has 8 heteroatoms. The Labute approximate surface area is 133 Å². The molecular formula is C14H20N6OS. The van der Waals surface area contributed by atoms with Gasteiger partial charge < -0.3 is 5.32 Å². The number of nitrogens with zero attached hydrogens (tertiary/aromatic N) is 4. The van der Waals surface area contributed by atoms with Gasteiger partial charge in [-0.2, -0.15) is 10.1 Å². The maximum Gasteiger partial charge on any atom is 0.227 e. The molecular weight excluding hydrogens is 300 g/mol. The highest BCUT2D eigenvalue weighted by molar-refractivity contribution is 7.07. The molecule has 1 aliphatic heterocycles. The molecule has 0 aliphatic carbocycles. The van der Waals surface area contributed by atoms with Gasteiger partial charge in [0.25, 0.3) is 0 Å². The van der Waals surface area contributed by atoms with Crippen LogP contribution in [-0.2, 0) is 18.3 Å². The van der Waals surface area contributed by atoms with E-state index in [1.807, 2.05) is 12.4 Å². The van der Waals surface area contributed by atoms with Crippen molar-refractivity contribution in [1.82, 2.24) is 25.1 Å². The topological polar surface area (TPSA) is 84.7 Å². The summed E-state index contributed by atoms with van der Waals surface area (Å²) in [6.07, 6.45) is 3.13. The summed E-state index contributed by atoms with van der Waals surface area (Å²) < 4.78 is 1.65. The van der Waals surface area contributed by atoms with Gasteiger partial charge in [-0.3, -0.25) is 10.1 Å². The van der Waals surface area contributed by atoms with Crippen molar-refractivity contribution in [1.29, 1.82) is 0 Å². The number of hydrogen-bond acceptors (Lipinski definition) is 6. The third kappa shape index (κ3) is 3.69. The lowest BCUT2D eigenvalue weighted by atomic mass is 9.98. The van der Waals surface area contributed by atoms with Crippen LogP contribution in [0.3, 0.4) is 0 Å². The van der Waals surface area contributed by atoms with E-state index in [1.54, 1.807) is 21.5 Å². The number of piperidine rings is 1. The van der Waals surface area contributed by atoms with Crippen LogP contribution in [0.25, 0.3) is 0 Å². The molecule has 2 aromatic rings. The standard InChI is InChI=1S/C14H20N6OS/c1-20-14(17-12(21)3-2-11-8-22-9-16-11)18-13(19-20)10-4-6-15-7-5-10/h8-10,15H,2-7H2,1H3,(H,17,18,19,21). The number of aromatic nitrogens is 4. The Balaban J connectivity index is 1.57. The first-order valence-electron chi connectivity index (χ1n) is 7.51. The minimum absolute atomic E-state index is 0.0552. The minimum Gasteiger partial charge on any atom is -0.317 e. The molecule has 0 spiro atoms. The Bertz CT molecular complexity index is 617. The molecule has 22 heavy (non-hydrogen) atoms. The zero-order chi connectivity index (χ0) is 15.4. The summed E-state index contributed by atoms with van der Waals surface area (Å²) in [6.45, 7) is 2.00. The number of anilines is 1. The van der Waals surface area contributed by atoms with Crippen LogP contribution in [-0.4, -0.2) is 38.7 Å². The van der Waals surface area contributed by atoms with Crippen LogP contribution in [0, 0.1) is 0 Å². The number of amides is 1. The van der Waals surface area contributed by atoms with Crippen LogP contribution in [0.4, 0.5) is 5.95 Å². The molecule has 118 valence electrons. The first-order valence-corrected chi connectivity index (χ1v) is 8.45. The summed E-state index contributed by atoms with van der Waals surface area (Å²) in [5.41, 5.74) is 2.73. The van der Waals surface area contributed by atoms with Crippen LogP contribution in [0.2, 0.25) is 0 Å². The van der Waals surface area contributed by atoms with Crippen LogP contribution in [0.5, 0.6) is 0 Å². The van der Waals surface area contributed by atoms with Gasteiger partial charge >= 0.3 is 0 Å². The van der Waals surface area contributed by atoms with E-state index in [0.717, 1.165) is 37.4 Å². The fraction of sp³-hybridized carbons (Fsp3) is 0.571. The fourth-order valence-electron chi connectivity index (χ4n) is 2.56. The number of nitrogens with one attached hydrogen (secondary N) is 2. The van der Waals surface area contributed by atoms with Crippen LogP contribution in [0.1, 0.15) is 36.7 Å². The predicted molar refractivity (Wildman–Crippen MR) is 84.9 cm³/mol. The number of rotatable bonds is 5. The smallest absolute Gasteiger partial charge is 0.227 e. The summed E-state index contributed by atoms with van der Waals surface area (Å²) in [4.78, 5) is 20.7. The summed E-state index contributed by atoms with van der Waals surface area (Å²) in [5.74, 6) is 1.68. The highest BCUT2D eigenvalue weighted by Gasteiger charge is 2.21. The second-order valence-electron chi connectivity index (χ2n) is 5.47. The highest BCUT2D eigenvalue weighted by Crippen LogP contribution is 2.23. The SMILES string of the molecule is Cn1nc(C2CCNCC2)nc1NC(=O)CCc1cscn1. The van der Waals surface area contributed by atoms with E-state index in [0.29, 0.717) is 24.7 Å². The van der Waals surface area contributed by atoms with Gasteiger partial charge in [-0.05, 0) is 32.4 Å². The number of carbonyl (C=O) groups excluding carboxylic acids is 1. The molecule has 2 aromatic heterocycles. The molecule has 1 amide bonds. The van der Waals surface area contributed by atoms with E-state index in [9.17, 15) is 4.79 Å². The number of carbonyl (C=O) groups is 1. The molecule has 0 aromatic carbocycles. The third-order valence-corrected chi connectivity index (χ3v) is 4.46. The lowest BCUT2D eigenvalue weighted by Gasteiger charge is -2.19. The molecule has 3 rings (SSSR count). The normalized spacial score (nSPS) is 15.9. The van der Waals surface area contributed by atoms with Crippen molar-refractivity contribution >= 4 is 23.2 Å². The minimum atomic E-state index is -0.0552. The molecule has 3 heterocycles. The zero-order valence-corrected chi connectivity index (χ0v) is 13.4. The Morgan fingerprint density at radius 2 is 2.32 bits per heavy atom. The second-order valence-corrected chi connectivity index (χ2v) is 6.19.